The third-order valence-electron chi connectivity index (χ3n) is 4.27. The smallest absolute Gasteiger partial charge is 0.292 e. The van der Waals surface area contributed by atoms with E-state index in [9.17, 15) is 9.90 Å². The number of aliphatic hydroxyl groups excluding tert-OH is 1. The van der Waals surface area contributed by atoms with Crippen LogP contribution in [0.25, 0.3) is 5.69 Å². The van der Waals surface area contributed by atoms with E-state index in [2.05, 4.69) is 10.00 Å². The number of piperazine rings is 1. The minimum absolute atomic E-state index is 0.106. The van der Waals surface area contributed by atoms with Crippen molar-refractivity contribution in [2.45, 2.75) is 13.0 Å². The van der Waals surface area contributed by atoms with E-state index in [1.165, 1.54) is 4.68 Å². The number of halogens is 3. The highest BCUT2D eigenvalue weighted by molar-refractivity contribution is 6.36. The number of aromatic nitrogens is 2. The highest BCUT2D eigenvalue weighted by atomic mass is 35.5. The Balaban J connectivity index is 1.84. The first-order valence-corrected chi connectivity index (χ1v) is 9.39. The highest BCUT2D eigenvalue weighted by Crippen LogP contribution is 2.26. The lowest BCUT2D eigenvalue weighted by Crippen LogP contribution is -2.48. The maximum absolute atomic E-state index is 12.7. The minimum atomic E-state index is -0.431. The van der Waals surface area contributed by atoms with Crippen molar-refractivity contribution in [2.24, 2.45) is 0 Å². The molecule has 1 fully saturated rings. The lowest BCUT2D eigenvalue weighted by Gasteiger charge is -2.36. The van der Waals surface area contributed by atoms with E-state index < -0.39 is 5.56 Å². The molecule has 1 saturated heterocycles. The average molecular weight is 418 g/mol. The fourth-order valence-electron chi connectivity index (χ4n) is 3.01. The highest BCUT2D eigenvalue weighted by Gasteiger charge is 2.22. The van der Waals surface area contributed by atoms with Crippen LogP contribution in [0.4, 0.5) is 5.69 Å². The van der Waals surface area contributed by atoms with E-state index in [4.69, 9.17) is 34.8 Å². The van der Waals surface area contributed by atoms with Crippen molar-refractivity contribution in [3.8, 4) is 5.69 Å². The number of β-amino-alcohol motifs (C(OH)–C–C–N with tert-alkyl or cyclic N) is 1. The summed E-state index contributed by atoms with van der Waals surface area (Å²) in [6.07, 6.45) is 1.22. The standard InChI is InChI=1S/C17H19Cl3N4O2/c1-11(25)10-22-4-6-23(7-5-22)15-9-21-24(17(26)16(15)20)14-3-2-12(18)8-13(14)19/h2-3,8-9,11,25H,4-7,10H2,1H3/t11-/m1/s1. The molecular formula is C17H19Cl3N4O2. The van der Waals surface area contributed by atoms with Gasteiger partial charge in [-0.1, -0.05) is 34.8 Å². The average Bonchev–Trinajstić information content (AvgIpc) is 2.58. The van der Waals surface area contributed by atoms with Gasteiger partial charge in [0.15, 0.2) is 0 Å². The predicted molar refractivity (Wildman–Crippen MR) is 105 cm³/mol. The van der Waals surface area contributed by atoms with Crippen LogP contribution < -0.4 is 10.5 Å². The number of anilines is 1. The van der Waals surface area contributed by atoms with Crippen LogP contribution in [-0.2, 0) is 0 Å². The maximum atomic E-state index is 12.7. The largest absolute Gasteiger partial charge is 0.392 e. The summed E-state index contributed by atoms with van der Waals surface area (Å²) in [5.41, 5.74) is 0.603. The third kappa shape index (κ3) is 4.15. The summed E-state index contributed by atoms with van der Waals surface area (Å²) >= 11 is 18.4. The molecule has 2 aromatic rings. The van der Waals surface area contributed by atoms with Gasteiger partial charge in [0.1, 0.15) is 5.02 Å². The van der Waals surface area contributed by atoms with Gasteiger partial charge in [-0.05, 0) is 25.1 Å². The molecule has 1 aliphatic rings. The van der Waals surface area contributed by atoms with Crippen molar-refractivity contribution in [3.63, 3.8) is 0 Å². The summed E-state index contributed by atoms with van der Waals surface area (Å²) in [5, 5.41) is 14.6. The monoisotopic (exact) mass is 416 g/mol. The maximum Gasteiger partial charge on any atom is 0.292 e. The van der Waals surface area contributed by atoms with Crippen LogP contribution in [0.1, 0.15) is 6.92 Å². The molecule has 0 unspecified atom stereocenters. The van der Waals surface area contributed by atoms with Crippen molar-refractivity contribution < 1.29 is 5.11 Å². The molecule has 0 saturated carbocycles. The van der Waals surface area contributed by atoms with Crippen LogP contribution in [0.5, 0.6) is 0 Å². The second kappa shape index (κ2) is 8.15. The zero-order valence-electron chi connectivity index (χ0n) is 14.2. The molecule has 0 aliphatic carbocycles. The lowest BCUT2D eigenvalue weighted by molar-refractivity contribution is 0.122. The normalized spacial score (nSPS) is 16.7. The number of nitrogens with zero attached hydrogens (tertiary/aromatic N) is 4. The quantitative estimate of drug-likeness (QED) is 0.829. The molecule has 6 nitrogen and oxygen atoms in total. The van der Waals surface area contributed by atoms with Crippen LogP contribution in [0.15, 0.2) is 29.2 Å². The number of hydrogen-bond acceptors (Lipinski definition) is 5. The van der Waals surface area contributed by atoms with Crippen molar-refractivity contribution in [2.75, 3.05) is 37.6 Å². The first kappa shape index (κ1) is 19.5. The molecule has 0 bridgehead atoms. The van der Waals surface area contributed by atoms with Crippen molar-refractivity contribution in [1.82, 2.24) is 14.7 Å². The second-order valence-corrected chi connectivity index (χ2v) is 7.51. The first-order chi connectivity index (χ1) is 12.4. The zero-order chi connectivity index (χ0) is 18.8. The Morgan fingerprint density at radius 1 is 1.15 bits per heavy atom. The summed E-state index contributed by atoms with van der Waals surface area (Å²) < 4.78 is 1.17. The minimum Gasteiger partial charge on any atom is -0.392 e. The molecule has 1 aliphatic heterocycles. The van der Waals surface area contributed by atoms with Crippen molar-refractivity contribution in [1.29, 1.82) is 0 Å². The Bertz CT molecular complexity index is 848. The molecule has 1 aromatic heterocycles. The van der Waals surface area contributed by atoms with Gasteiger partial charge in [0.05, 0.1) is 28.7 Å². The van der Waals surface area contributed by atoms with Crippen LogP contribution in [0.3, 0.4) is 0 Å². The summed E-state index contributed by atoms with van der Waals surface area (Å²) in [5.74, 6) is 0. The summed E-state index contributed by atoms with van der Waals surface area (Å²) in [7, 11) is 0. The van der Waals surface area contributed by atoms with E-state index in [0.29, 0.717) is 41.1 Å². The molecule has 9 heteroatoms. The van der Waals surface area contributed by atoms with E-state index in [0.717, 1.165) is 13.1 Å². The second-order valence-electron chi connectivity index (χ2n) is 6.29. The van der Waals surface area contributed by atoms with Gasteiger partial charge >= 0.3 is 0 Å². The van der Waals surface area contributed by atoms with Gasteiger partial charge in [-0.2, -0.15) is 9.78 Å². The molecule has 140 valence electrons. The molecule has 0 amide bonds. The zero-order valence-corrected chi connectivity index (χ0v) is 16.5. The summed E-state index contributed by atoms with van der Waals surface area (Å²) in [6.45, 7) is 5.39. The predicted octanol–water partition coefficient (Wildman–Crippen LogP) is 2.70. The fourth-order valence-corrected chi connectivity index (χ4v) is 3.75. The van der Waals surface area contributed by atoms with Gasteiger partial charge in [0.2, 0.25) is 0 Å². The Morgan fingerprint density at radius 2 is 1.85 bits per heavy atom. The van der Waals surface area contributed by atoms with Gasteiger partial charge in [-0.25, -0.2) is 0 Å². The molecule has 0 spiro atoms. The van der Waals surface area contributed by atoms with Gasteiger partial charge < -0.3 is 10.0 Å². The van der Waals surface area contributed by atoms with Gasteiger partial charge in [-0.3, -0.25) is 9.69 Å². The van der Waals surface area contributed by atoms with E-state index >= 15 is 0 Å². The molecule has 26 heavy (non-hydrogen) atoms. The Labute approximate surface area is 166 Å². The van der Waals surface area contributed by atoms with E-state index in [1.54, 1.807) is 31.3 Å². The van der Waals surface area contributed by atoms with Gasteiger partial charge in [0, 0.05) is 37.7 Å². The number of rotatable bonds is 4. The van der Waals surface area contributed by atoms with Crippen molar-refractivity contribution in [3.05, 3.63) is 49.8 Å². The molecule has 0 radical (unpaired) electrons. The van der Waals surface area contributed by atoms with Crippen LogP contribution in [0, 0.1) is 0 Å². The van der Waals surface area contributed by atoms with Crippen molar-refractivity contribution >= 4 is 40.5 Å². The molecule has 1 N–H and O–H groups in total. The Kier molecular flexibility index (Phi) is 6.10. The summed E-state index contributed by atoms with van der Waals surface area (Å²) in [4.78, 5) is 16.9. The van der Waals surface area contributed by atoms with Gasteiger partial charge in [-0.15, -0.1) is 0 Å². The van der Waals surface area contributed by atoms with Gasteiger partial charge in [0.25, 0.3) is 5.56 Å². The fraction of sp³-hybridized carbons (Fsp3) is 0.412. The van der Waals surface area contributed by atoms with Crippen LogP contribution >= 0.6 is 34.8 Å². The summed E-state index contributed by atoms with van der Waals surface area (Å²) in [6, 6.07) is 4.82. The molecule has 1 atom stereocenters. The van der Waals surface area contributed by atoms with E-state index in [-0.39, 0.29) is 11.1 Å². The topological polar surface area (TPSA) is 61.6 Å². The molecule has 2 heterocycles. The van der Waals surface area contributed by atoms with Crippen LogP contribution in [-0.4, -0.2) is 58.6 Å². The SMILES string of the molecule is C[C@@H](O)CN1CCN(c2cnn(-c3ccc(Cl)cc3Cl)c(=O)c2Cl)CC1. The molecule has 3 rings (SSSR count). The molecule has 1 aromatic carbocycles. The number of aliphatic hydroxyl groups is 1. The van der Waals surface area contributed by atoms with Crippen LogP contribution in [0.2, 0.25) is 15.1 Å². The molecular weight excluding hydrogens is 399 g/mol. The number of hydrogen-bond donors (Lipinski definition) is 1. The Hall–Kier alpha value is -1.31. The third-order valence-corrected chi connectivity index (χ3v) is 5.17. The number of benzene rings is 1. The lowest BCUT2D eigenvalue weighted by atomic mass is 10.2. The Morgan fingerprint density at radius 3 is 2.46 bits per heavy atom. The van der Waals surface area contributed by atoms with E-state index in [1.807, 2.05) is 4.90 Å². The first-order valence-electron chi connectivity index (χ1n) is 8.25.